The molecule has 0 spiro atoms. The second kappa shape index (κ2) is 7.79. The highest BCUT2D eigenvalue weighted by Gasteiger charge is 2.37. The Morgan fingerprint density at radius 2 is 1.44 bits per heavy atom. The predicted octanol–water partition coefficient (Wildman–Crippen LogP) is 5.77. The summed E-state index contributed by atoms with van der Waals surface area (Å²) in [6, 6.07) is 31.7. The van der Waals surface area contributed by atoms with Crippen molar-refractivity contribution in [1.29, 1.82) is 0 Å². The molecule has 136 valence electrons. The number of hydrogen-bond donors (Lipinski definition) is 0. The van der Waals surface area contributed by atoms with Crippen LogP contribution in [0.2, 0.25) is 0 Å². The summed E-state index contributed by atoms with van der Waals surface area (Å²) in [4.78, 5) is 4.98. The zero-order chi connectivity index (χ0) is 18.5. The van der Waals surface area contributed by atoms with Gasteiger partial charge < -0.3 is 4.74 Å². The lowest BCUT2D eigenvalue weighted by molar-refractivity contribution is 0.0403. The molecule has 1 heterocycles. The van der Waals surface area contributed by atoms with E-state index >= 15 is 0 Å². The van der Waals surface area contributed by atoms with Gasteiger partial charge in [0.2, 0.25) is 5.90 Å². The van der Waals surface area contributed by atoms with Crippen LogP contribution in [-0.2, 0) is 16.8 Å². The molecule has 3 aromatic rings. The summed E-state index contributed by atoms with van der Waals surface area (Å²) in [5.41, 5.74) is 3.25. The molecule has 1 aliphatic heterocycles. The van der Waals surface area contributed by atoms with Gasteiger partial charge in [-0.2, -0.15) is 0 Å². The van der Waals surface area contributed by atoms with E-state index in [0.29, 0.717) is 0 Å². The van der Waals surface area contributed by atoms with Crippen LogP contribution in [0.3, 0.4) is 0 Å². The Hall–Kier alpha value is -2.87. The second-order valence-electron chi connectivity index (χ2n) is 7.38. The number of rotatable bonds is 5. The Bertz CT molecular complexity index is 889. The molecule has 2 nitrogen and oxygen atoms in total. The number of benzene rings is 3. The van der Waals surface area contributed by atoms with Gasteiger partial charge in [0.15, 0.2) is 0 Å². The fourth-order valence-corrected chi connectivity index (χ4v) is 3.77. The number of aliphatic imine (C=N–C) groups is 1. The maximum absolute atomic E-state index is 6.48. The third-order valence-corrected chi connectivity index (χ3v) is 5.26. The minimum Gasteiger partial charge on any atom is -0.466 e. The monoisotopic (exact) mass is 355 g/mol. The minimum absolute atomic E-state index is 0.236. The quantitative estimate of drug-likeness (QED) is 0.569. The summed E-state index contributed by atoms with van der Waals surface area (Å²) in [7, 11) is 0. The van der Waals surface area contributed by atoms with Gasteiger partial charge in [-0.15, -0.1) is 0 Å². The van der Waals surface area contributed by atoms with E-state index in [1.807, 2.05) is 18.2 Å². The van der Waals surface area contributed by atoms with Gasteiger partial charge in [0.25, 0.3) is 0 Å². The second-order valence-corrected chi connectivity index (χ2v) is 7.38. The highest BCUT2D eigenvalue weighted by atomic mass is 16.5. The van der Waals surface area contributed by atoms with Crippen LogP contribution in [0, 0.1) is 0 Å². The number of hydrogen-bond acceptors (Lipinski definition) is 2. The Morgan fingerprint density at radius 3 is 2.11 bits per heavy atom. The molecule has 0 fully saturated rings. The van der Waals surface area contributed by atoms with Gasteiger partial charge in [-0.3, -0.25) is 0 Å². The molecule has 0 amide bonds. The van der Waals surface area contributed by atoms with E-state index in [2.05, 4.69) is 79.7 Å². The van der Waals surface area contributed by atoms with Crippen molar-refractivity contribution in [3.8, 4) is 0 Å². The van der Waals surface area contributed by atoms with Crippen molar-refractivity contribution < 1.29 is 4.74 Å². The maximum atomic E-state index is 6.48. The van der Waals surface area contributed by atoms with Gasteiger partial charge >= 0.3 is 0 Å². The average molecular weight is 355 g/mol. The first-order chi connectivity index (χ1) is 13.2. The molecule has 0 saturated carbocycles. The largest absolute Gasteiger partial charge is 0.466 e. The molecule has 3 aromatic carbocycles. The molecule has 0 saturated heterocycles. The van der Waals surface area contributed by atoms with Crippen LogP contribution in [0.15, 0.2) is 96.0 Å². The van der Waals surface area contributed by atoms with Crippen LogP contribution in [0.5, 0.6) is 0 Å². The van der Waals surface area contributed by atoms with Gasteiger partial charge in [-0.1, -0.05) is 78.9 Å². The van der Waals surface area contributed by atoms with Crippen LogP contribution < -0.4 is 0 Å². The molecule has 0 radical (unpaired) electrons. The molecule has 0 aliphatic carbocycles. The molecule has 27 heavy (non-hydrogen) atoms. The van der Waals surface area contributed by atoms with Crippen molar-refractivity contribution >= 4 is 5.90 Å². The molecule has 2 atom stereocenters. The first-order valence-corrected chi connectivity index (χ1v) is 9.65. The van der Waals surface area contributed by atoms with E-state index < -0.39 is 0 Å². The summed E-state index contributed by atoms with van der Waals surface area (Å²) >= 11 is 0. The van der Waals surface area contributed by atoms with Crippen molar-refractivity contribution in [2.75, 3.05) is 0 Å². The predicted molar refractivity (Wildman–Crippen MR) is 111 cm³/mol. The lowest BCUT2D eigenvalue weighted by atomic mass is 9.86. The third kappa shape index (κ3) is 4.11. The smallest absolute Gasteiger partial charge is 0.217 e. The molecule has 4 rings (SSSR count). The van der Waals surface area contributed by atoms with Crippen LogP contribution in [0.25, 0.3) is 0 Å². The van der Waals surface area contributed by atoms with E-state index in [0.717, 1.165) is 30.7 Å². The Balaban J connectivity index is 1.62. The Morgan fingerprint density at radius 1 is 0.852 bits per heavy atom. The zero-order valence-electron chi connectivity index (χ0n) is 15.7. The molecule has 0 aromatic heterocycles. The summed E-state index contributed by atoms with van der Waals surface area (Å²) in [6.07, 6.45) is 2.94. The summed E-state index contributed by atoms with van der Waals surface area (Å²) in [5, 5.41) is 0. The number of ether oxygens (including phenoxy) is 1. The lowest BCUT2D eigenvalue weighted by Gasteiger charge is -2.38. The average Bonchev–Trinajstić information content (AvgIpc) is 2.74. The van der Waals surface area contributed by atoms with Crippen molar-refractivity contribution in [1.82, 2.24) is 0 Å². The molecular weight excluding hydrogens is 330 g/mol. The van der Waals surface area contributed by atoms with Crippen molar-refractivity contribution in [2.45, 2.75) is 37.8 Å². The topological polar surface area (TPSA) is 21.6 Å². The maximum Gasteiger partial charge on any atom is 0.217 e. The molecule has 0 N–H and O–H groups in total. The summed E-state index contributed by atoms with van der Waals surface area (Å²) in [5.74, 6) is 0.756. The molecule has 1 aliphatic rings. The molecule has 0 bridgehead atoms. The Labute approximate surface area is 161 Å². The van der Waals surface area contributed by atoms with Crippen molar-refractivity contribution in [3.05, 3.63) is 108 Å². The van der Waals surface area contributed by atoms with Gasteiger partial charge in [-0.25, -0.2) is 4.99 Å². The Kier molecular flexibility index (Phi) is 5.06. The van der Waals surface area contributed by atoms with Crippen molar-refractivity contribution in [2.24, 2.45) is 4.99 Å². The highest BCUT2D eigenvalue weighted by Crippen LogP contribution is 2.37. The third-order valence-electron chi connectivity index (χ3n) is 5.26. The zero-order valence-corrected chi connectivity index (χ0v) is 15.7. The fourth-order valence-electron chi connectivity index (χ4n) is 3.77. The molecule has 0 unspecified atom stereocenters. The molecular formula is C25H25NO. The minimum atomic E-state index is -0.366. The molecule has 2 heteroatoms. The fraction of sp³-hybridized carbons (Fsp3) is 0.240. The lowest BCUT2D eigenvalue weighted by Crippen LogP contribution is -2.38. The van der Waals surface area contributed by atoms with Crippen LogP contribution in [-0.4, -0.2) is 11.9 Å². The summed E-state index contributed by atoms with van der Waals surface area (Å²) < 4.78 is 6.48. The first-order valence-electron chi connectivity index (χ1n) is 9.65. The van der Waals surface area contributed by atoms with E-state index in [1.54, 1.807) is 0 Å². The normalized spacial score (nSPS) is 22.0. The van der Waals surface area contributed by atoms with Crippen LogP contribution in [0.1, 0.15) is 36.5 Å². The SMILES string of the molecule is C[C@@]1(c2ccccc2)C[C@H](CCc2ccccc2)N=C(c2ccccc2)O1. The summed E-state index contributed by atoms with van der Waals surface area (Å²) in [6.45, 7) is 2.19. The van der Waals surface area contributed by atoms with Gasteiger partial charge in [0, 0.05) is 12.0 Å². The van der Waals surface area contributed by atoms with E-state index in [1.165, 1.54) is 11.1 Å². The van der Waals surface area contributed by atoms with Gasteiger partial charge in [0.05, 0.1) is 6.04 Å². The highest BCUT2D eigenvalue weighted by molar-refractivity contribution is 5.95. The van der Waals surface area contributed by atoms with E-state index in [-0.39, 0.29) is 11.6 Å². The van der Waals surface area contributed by atoms with E-state index in [9.17, 15) is 0 Å². The van der Waals surface area contributed by atoms with E-state index in [4.69, 9.17) is 9.73 Å². The van der Waals surface area contributed by atoms with Gasteiger partial charge in [0.1, 0.15) is 5.60 Å². The number of nitrogens with zero attached hydrogens (tertiary/aromatic N) is 1. The van der Waals surface area contributed by atoms with Crippen LogP contribution in [0.4, 0.5) is 0 Å². The number of aryl methyl sites for hydroxylation is 1. The standard InChI is InChI=1S/C25H25NO/c1-25(22-15-9-4-10-16-22)19-23(18-17-20-11-5-2-6-12-20)26-24(27-25)21-13-7-3-8-14-21/h2-16,23H,17-19H2,1H3/t23-,25-/m0/s1. The first kappa shape index (κ1) is 17.5. The van der Waals surface area contributed by atoms with Crippen LogP contribution >= 0.6 is 0 Å². The van der Waals surface area contributed by atoms with Gasteiger partial charge in [-0.05, 0) is 43.0 Å². The van der Waals surface area contributed by atoms with Crippen molar-refractivity contribution in [3.63, 3.8) is 0 Å².